The van der Waals surface area contributed by atoms with Crippen LogP contribution in [-0.2, 0) is 16.4 Å². The second-order valence-corrected chi connectivity index (χ2v) is 10.4. The Labute approximate surface area is 150 Å². The van der Waals surface area contributed by atoms with Gasteiger partial charge in [0.05, 0.1) is 10.5 Å². The van der Waals surface area contributed by atoms with Gasteiger partial charge in [-0.3, -0.25) is 4.99 Å². The summed E-state index contributed by atoms with van der Waals surface area (Å²) < 4.78 is 23.6. The molecule has 7 heteroatoms. The first-order valence-corrected chi connectivity index (χ1v) is 10.8. The van der Waals surface area contributed by atoms with E-state index in [4.69, 9.17) is 0 Å². The molecule has 0 atom stereocenters. The monoisotopic (exact) mass is 371 g/mol. The zero-order valence-electron chi connectivity index (χ0n) is 15.5. The van der Waals surface area contributed by atoms with Crippen LogP contribution in [0.3, 0.4) is 0 Å². The number of nitrogens with zero attached hydrogens (tertiary/aromatic N) is 2. The molecule has 0 radical (unpaired) electrons. The van der Waals surface area contributed by atoms with Gasteiger partial charge in [-0.05, 0) is 44.7 Å². The molecule has 0 spiro atoms. The molecule has 0 saturated carbocycles. The van der Waals surface area contributed by atoms with Gasteiger partial charge in [-0.25, -0.2) is 8.42 Å². The van der Waals surface area contributed by atoms with E-state index in [0.717, 1.165) is 0 Å². The third-order valence-corrected chi connectivity index (χ3v) is 7.09. The fraction of sp³-hybridized carbons (Fsp3) is 0.588. The molecule has 5 nitrogen and oxygen atoms in total. The van der Waals surface area contributed by atoms with Crippen molar-refractivity contribution < 1.29 is 8.42 Å². The van der Waals surface area contributed by atoms with E-state index in [1.807, 2.05) is 11.9 Å². The van der Waals surface area contributed by atoms with Crippen molar-refractivity contribution in [1.82, 2.24) is 10.2 Å². The van der Waals surface area contributed by atoms with Crippen LogP contribution >= 0.6 is 11.8 Å². The van der Waals surface area contributed by atoms with Crippen molar-refractivity contribution in [2.24, 2.45) is 4.99 Å². The summed E-state index contributed by atoms with van der Waals surface area (Å²) in [6, 6.07) is 8.39. The summed E-state index contributed by atoms with van der Waals surface area (Å²) in [6.45, 7) is 6.23. The van der Waals surface area contributed by atoms with Crippen molar-refractivity contribution in [3.8, 4) is 0 Å². The van der Waals surface area contributed by atoms with E-state index < -0.39 is 14.6 Å². The zero-order valence-corrected chi connectivity index (χ0v) is 17.1. The van der Waals surface area contributed by atoms with E-state index in [2.05, 4.69) is 40.8 Å². The van der Waals surface area contributed by atoms with E-state index >= 15 is 0 Å². The Bertz CT molecular complexity index is 647. The minimum Gasteiger partial charge on any atom is -0.355 e. The molecule has 0 saturated heterocycles. The molecule has 136 valence electrons. The number of sulfone groups is 1. The summed E-state index contributed by atoms with van der Waals surface area (Å²) in [5, 5.41) is 3.13. The number of thioether (sulfide) groups is 1. The average molecular weight is 372 g/mol. The highest BCUT2D eigenvalue weighted by molar-refractivity contribution is 7.98. The van der Waals surface area contributed by atoms with E-state index in [9.17, 15) is 8.42 Å². The number of aliphatic imine (C=N–C) groups is 1. The number of nitrogens with one attached hydrogen (secondary N) is 1. The van der Waals surface area contributed by atoms with Crippen LogP contribution in [0.5, 0.6) is 0 Å². The van der Waals surface area contributed by atoms with Crippen LogP contribution in [0.1, 0.15) is 26.3 Å². The van der Waals surface area contributed by atoms with E-state index in [1.165, 1.54) is 10.5 Å². The molecule has 0 aliphatic heterocycles. The Balaban J connectivity index is 2.60. The quantitative estimate of drug-likeness (QED) is 0.473. The Hall–Kier alpha value is -1.21. The lowest BCUT2D eigenvalue weighted by Crippen LogP contribution is -2.42. The number of hydrogen-bond donors (Lipinski definition) is 1. The van der Waals surface area contributed by atoms with Crippen molar-refractivity contribution in [2.45, 2.75) is 37.0 Å². The smallest absolute Gasteiger partial charge is 0.193 e. The van der Waals surface area contributed by atoms with Crippen molar-refractivity contribution in [2.75, 3.05) is 32.6 Å². The molecule has 0 fully saturated rings. The molecule has 0 aliphatic rings. The molecule has 0 unspecified atom stereocenters. The summed E-state index contributed by atoms with van der Waals surface area (Å²) in [6.07, 6.45) is 2.05. The lowest BCUT2D eigenvalue weighted by Gasteiger charge is -2.24. The molecule has 1 aromatic carbocycles. The van der Waals surface area contributed by atoms with Gasteiger partial charge in [-0.1, -0.05) is 12.1 Å². The van der Waals surface area contributed by atoms with E-state index in [0.29, 0.717) is 19.0 Å². The minimum absolute atomic E-state index is 0.0891. The predicted molar refractivity (Wildman–Crippen MR) is 105 cm³/mol. The molecular weight excluding hydrogens is 342 g/mol. The Morgan fingerprint density at radius 1 is 1.25 bits per heavy atom. The van der Waals surface area contributed by atoms with Gasteiger partial charge < -0.3 is 10.2 Å². The summed E-state index contributed by atoms with van der Waals surface area (Å²) in [5.41, 5.74) is 1.18. The van der Waals surface area contributed by atoms with E-state index in [-0.39, 0.29) is 5.75 Å². The SMILES string of the molecule is CN=C(NCCS(=O)(=O)C(C)(C)C)N(C)Cc1ccc(SC)cc1. The van der Waals surface area contributed by atoms with Gasteiger partial charge in [-0.15, -0.1) is 11.8 Å². The lowest BCUT2D eigenvalue weighted by atomic mass is 10.2. The Kier molecular flexibility index (Phi) is 7.60. The molecule has 1 aromatic rings. The summed E-state index contributed by atoms with van der Waals surface area (Å²) in [7, 11) is 0.511. The van der Waals surface area contributed by atoms with Crippen molar-refractivity contribution >= 4 is 27.6 Å². The van der Waals surface area contributed by atoms with Gasteiger partial charge in [0.2, 0.25) is 0 Å². The second kappa shape index (κ2) is 8.76. The predicted octanol–water partition coefficient (Wildman–Crippen LogP) is 2.63. The highest BCUT2D eigenvalue weighted by atomic mass is 32.2. The number of guanidine groups is 1. The van der Waals surface area contributed by atoms with Crippen LogP contribution in [-0.4, -0.2) is 56.7 Å². The largest absolute Gasteiger partial charge is 0.355 e. The maximum absolute atomic E-state index is 12.1. The Morgan fingerprint density at radius 3 is 2.29 bits per heavy atom. The molecule has 0 aliphatic carbocycles. The van der Waals surface area contributed by atoms with Crippen LogP contribution in [0.4, 0.5) is 0 Å². The van der Waals surface area contributed by atoms with Crippen LogP contribution in [0, 0.1) is 0 Å². The number of rotatable bonds is 6. The number of hydrogen-bond acceptors (Lipinski definition) is 4. The molecule has 0 aromatic heterocycles. The molecule has 0 heterocycles. The van der Waals surface area contributed by atoms with Crippen molar-refractivity contribution in [1.29, 1.82) is 0 Å². The lowest BCUT2D eigenvalue weighted by molar-refractivity contribution is 0.478. The van der Waals surface area contributed by atoms with Gasteiger partial charge in [-0.2, -0.15) is 0 Å². The van der Waals surface area contributed by atoms with Crippen molar-refractivity contribution in [3.05, 3.63) is 29.8 Å². The molecule has 1 N–H and O–H groups in total. The maximum Gasteiger partial charge on any atom is 0.193 e. The maximum atomic E-state index is 12.1. The van der Waals surface area contributed by atoms with Crippen LogP contribution < -0.4 is 5.32 Å². The van der Waals surface area contributed by atoms with Crippen molar-refractivity contribution in [3.63, 3.8) is 0 Å². The minimum atomic E-state index is -3.13. The fourth-order valence-corrected chi connectivity index (χ4v) is 3.46. The van der Waals surface area contributed by atoms with Gasteiger partial charge in [0.15, 0.2) is 15.8 Å². The van der Waals surface area contributed by atoms with Gasteiger partial charge >= 0.3 is 0 Å². The first kappa shape index (κ1) is 20.8. The summed E-state index contributed by atoms with van der Waals surface area (Å²) in [5.74, 6) is 0.777. The van der Waals surface area contributed by atoms with Gasteiger partial charge in [0.25, 0.3) is 0 Å². The summed E-state index contributed by atoms with van der Waals surface area (Å²) >= 11 is 1.72. The Morgan fingerprint density at radius 2 is 1.83 bits per heavy atom. The molecule has 0 amide bonds. The molecular formula is C17H29N3O2S2. The normalized spacial score (nSPS) is 13.0. The number of benzene rings is 1. The molecule has 24 heavy (non-hydrogen) atoms. The van der Waals surface area contributed by atoms with Crippen LogP contribution in [0.2, 0.25) is 0 Å². The first-order chi connectivity index (χ1) is 11.1. The standard InChI is InChI=1S/C17H29N3O2S2/c1-17(2,3)24(21,22)12-11-19-16(18-4)20(5)13-14-7-9-15(23-6)10-8-14/h7-10H,11-13H2,1-6H3,(H,18,19). The summed E-state index contributed by atoms with van der Waals surface area (Å²) in [4.78, 5) is 7.45. The van der Waals surface area contributed by atoms with E-state index in [1.54, 1.807) is 39.6 Å². The average Bonchev–Trinajstić information content (AvgIpc) is 2.51. The zero-order chi connectivity index (χ0) is 18.4. The highest BCUT2D eigenvalue weighted by Gasteiger charge is 2.28. The van der Waals surface area contributed by atoms with Crippen LogP contribution in [0.15, 0.2) is 34.2 Å². The van der Waals surface area contributed by atoms with Gasteiger partial charge in [0, 0.05) is 32.1 Å². The fourth-order valence-electron chi connectivity index (χ4n) is 2.07. The first-order valence-electron chi connectivity index (χ1n) is 7.87. The van der Waals surface area contributed by atoms with Gasteiger partial charge in [0.1, 0.15) is 0 Å². The topological polar surface area (TPSA) is 61.8 Å². The highest BCUT2D eigenvalue weighted by Crippen LogP contribution is 2.16. The van der Waals surface area contributed by atoms with Crippen LogP contribution in [0.25, 0.3) is 0 Å². The second-order valence-electron chi connectivity index (χ2n) is 6.61. The third kappa shape index (κ3) is 6.02. The molecule has 1 rings (SSSR count). The third-order valence-electron chi connectivity index (χ3n) is 3.74. The molecule has 0 bridgehead atoms.